The van der Waals surface area contributed by atoms with Crippen molar-refractivity contribution in [2.75, 3.05) is 0 Å². The standard InChI is InChI=1S/C15H13N3OS/c19-15(8-7-11-4-3-9-20-11)16-10-14-17-12-5-1-2-6-13(12)18-14/h1-9H,10H2,(H,16,19)(H,17,18). The molecule has 0 saturated carbocycles. The van der Waals surface area contributed by atoms with Crippen molar-refractivity contribution < 1.29 is 4.79 Å². The van der Waals surface area contributed by atoms with Gasteiger partial charge in [-0.1, -0.05) is 18.2 Å². The number of para-hydroxylation sites is 2. The molecular formula is C15H13N3OS. The third-order valence-corrected chi connectivity index (χ3v) is 3.65. The van der Waals surface area contributed by atoms with Crippen LogP contribution < -0.4 is 5.32 Å². The lowest BCUT2D eigenvalue weighted by Crippen LogP contribution is -2.20. The third kappa shape index (κ3) is 2.95. The minimum Gasteiger partial charge on any atom is -0.345 e. The Bertz CT molecular complexity index is 710. The van der Waals surface area contributed by atoms with Crippen LogP contribution in [0.5, 0.6) is 0 Å². The fourth-order valence-electron chi connectivity index (χ4n) is 1.86. The molecule has 100 valence electrons. The van der Waals surface area contributed by atoms with Gasteiger partial charge in [-0.2, -0.15) is 0 Å². The molecule has 0 saturated heterocycles. The highest BCUT2D eigenvalue weighted by Gasteiger charge is 2.02. The fourth-order valence-corrected chi connectivity index (χ4v) is 2.48. The molecule has 3 rings (SSSR count). The molecule has 2 aromatic heterocycles. The lowest BCUT2D eigenvalue weighted by Gasteiger charge is -1.97. The van der Waals surface area contributed by atoms with Gasteiger partial charge >= 0.3 is 0 Å². The van der Waals surface area contributed by atoms with E-state index < -0.39 is 0 Å². The van der Waals surface area contributed by atoms with Crippen LogP contribution in [0, 0.1) is 0 Å². The summed E-state index contributed by atoms with van der Waals surface area (Å²) in [4.78, 5) is 20.3. The van der Waals surface area contributed by atoms with Crippen LogP contribution in [-0.2, 0) is 11.3 Å². The molecule has 0 radical (unpaired) electrons. The van der Waals surface area contributed by atoms with E-state index in [1.807, 2.05) is 41.8 Å². The van der Waals surface area contributed by atoms with Crippen molar-refractivity contribution in [2.45, 2.75) is 6.54 Å². The number of amides is 1. The summed E-state index contributed by atoms with van der Waals surface area (Å²) in [5.74, 6) is 0.628. The van der Waals surface area contributed by atoms with Gasteiger partial charge in [0.15, 0.2) is 0 Å². The number of rotatable bonds is 4. The molecule has 0 fully saturated rings. The Morgan fingerprint density at radius 3 is 3.00 bits per heavy atom. The van der Waals surface area contributed by atoms with Crippen LogP contribution in [0.3, 0.4) is 0 Å². The van der Waals surface area contributed by atoms with Crippen molar-refractivity contribution in [3.8, 4) is 0 Å². The zero-order chi connectivity index (χ0) is 13.8. The zero-order valence-corrected chi connectivity index (χ0v) is 11.5. The van der Waals surface area contributed by atoms with Crippen molar-refractivity contribution in [3.05, 3.63) is 58.6 Å². The Balaban J connectivity index is 1.60. The Hall–Kier alpha value is -2.40. The molecule has 5 heteroatoms. The monoisotopic (exact) mass is 283 g/mol. The van der Waals surface area contributed by atoms with Crippen LogP contribution in [0.2, 0.25) is 0 Å². The highest BCUT2D eigenvalue weighted by molar-refractivity contribution is 7.10. The Morgan fingerprint density at radius 1 is 1.30 bits per heavy atom. The lowest BCUT2D eigenvalue weighted by molar-refractivity contribution is -0.116. The molecule has 0 aliphatic rings. The summed E-state index contributed by atoms with van der Waals surface area (Å²) in [7, 11) is 0. The lowest BCUT2D eigenvalue weighted by atomic mass is 10.3. The van der Waals surface area contributed by atoms with Crippen LogP contribution in [-0.4, -0.2) is 15.9 Å². The highest BCUT2D eigenvalue weighted by Crippen LogP contribution is 2.11. The molecule has 0 atom stereocenters. The van der Waals surface area contributed by atoms with Gasteiger partial charge in [0.2, 0.25) is 5.91 Å². The van der Waals surface area contributed by atoms with Gasteiger partial charge in [0.1, 0.15) is 5.82 Å². The first kappa shape index (κ1) is 12.6. The van der Waals surface area contributed by atoms with E-state index in [1.54, 1.807) is 17.4 Å². The van der Waals surface area contributed by atoms with Gasteiger partial charge in [0, 0.05) is 11.0 Å². The van der Waals surface area contributed by atoms with Crippen molar-refractivity contribution in [2.24, 2.45) is 0 Å². The first-order chi connectivity index (χ1) is 9.81. The Labute approximate surface area is 120 Å². The molecule has 1 amide bonds. The van der Waals surface area contributed by atoms with Crippen LogP contribution in [0.25, 0.3) is 17.1 Å². The second kappa shape index (κ2) is 5.71. The molecular weight excluding hydrogens is 270 g/mol. The number of imidazole rings is 1. The van der Waals surface area contributed by atoms with Gasteiger partial charge in [-0.05, 0) is 29.7 Å². The largest absolute Gasteiger partial charge is 0.345 e. The maximum atomic E-state index is 11.7. The number of fused-ring (bicyclic) bond motifs is 1. The summed E-state index contributed by atoms with van der Waals surface area (Å²) in [5, 5.41) is 4.79. The van der Waals surface area contributed by atoms with E-state index in [1.165, 1.54) is 6.08 Å². The minimum atomic E-state index is -0.126. The van der Waals surface area contributed by atoms with E-state index in [0.29, 0.717) is 6.54 Å². The van der Waals surface area contributed by atoms with Crippen LogP contribution in [0.1, 0.15) is 10.7 Å². The summed E-state index contributed by atoms with van der Waals surface area (Å²) in [5.41, 5.74) is 1.89. The maximum absolute atomic E-state index is 11.7. The number of aromatic nitrogens is 2. The van der Waals surface area contributed by atoms with Gasteiger partial charge in [-0.15, -0.1) is 11.3 Å². The summed E-state index contributed by atoms with van der Waals surface area (Å²) in [6.07, 6.45) is 3.34. The van der Waals surface area contributed by atoms with Crippen LogP contribution in [0.4, 0.5) is 0 Å². The Kier molecular flexibility index (Phi) is 3.60. The predicted molar refractivity (Wildman–Crippen MR) is 81.3 cm³/mol. The van der Waals surface area contributed by atoms with Gasteiger partial charge in [0.25, 0.3) is 0 Å². The number of aromatic amines is 1. The van der Waals surface area contributed by atoms with Crippen molar-refractivity contribution >= 4 is 34.4 Å². The molecule has 2 heterocycles. The van der Waals surface area contributed by atoms with Gasteiger partial charge < -0.3 is 10.3 Å². The summed E-state index contributed by atoms with van der Waals surface area (Å²) in [6, 6.07) is 11.7. The van der Waals surface area contributed by atoms with E-state index in [9.17, 15) is 4.79 Å². The quantitative estimate of drug-likeness (QED) is 0.723. The number of hydrogen-bond donors (Lipinski definition) is 2. The molecule has 0 spiro atoms. The van der Waals surface area contributed by atoms with E-state index in [0.717, 1.165) is 21.7 Å². The number of hydrogen-bond acceptors (Lipinski definition) is 3. The van der Waals surface area contributed by atoms with Crippen LogP contribution in [0.15, 0.2) is 47.9 Å². The van der Waals surface area contributed by atoms with E-state index >= 15 is 0 Å². The number of nitrogens with one attached hydrogen (secondary N) is 2. The minimum absolute atomic E-state index is 0.126. The molecule has 0 aliphatic carbocycles. The topological polar surface area (TPSA) is 57.8 Å². The number of thiophene rings is 1. The van der Waals surface area contributed by atoms with Gasteiger partial charge in [-0.25, -0.2) is 4.98 Å². The zero-order valence-electron chi connectivity index (χ0n) is 10.7. The number of nitrogens with zero attached hydrogens (tertiary/aromatic N) is 1. The number of carbonyl (C=O) groups is 1. The van der Waals surface area contributed by atoms with E-state index in [2.05, 4.69) is 15.3 Å². The smallest absolute Gasteiger partial charge is 0.244 e. The average molecular weight is 283 g/mol. The van der Waals surface area contributed by atoms with Crippen molar-refractivity contribution in [1.29, 1.82) is 0 Å². The summed E-state index contributed by atoms with van der Waals surface area (Å²) < 4.78 is 0. The fraction of sp³-hybridized carbons (Fsp3) is 0.0667. The molecule has 0 aliphatic heterocycles. The average Bonchev–Trinajstić information content (AvgIpc) is 3.11. The molecule has 1 aromatic carbocycles. The summed E-state index contributed by atoms with van der Waals surface area (Å²) >= 11 is 1.60. The van der Waals surface area contributed by atoms with E-state index in [-0.39, 0.29) is 5.91 Å². The number of benzene rings is 1. The number of carbonyl (C=O) groups excluding carboxylic acids is 1. The second-order valence-corrected chi connectivity index (χ2v) is 5.25. The molecule has 0 unspecified atom stereocenters. The molecule has 2 N–H and O–H groups in total. The first-order valence-corrected chi connectivity index (χ1v) is 7.12. The predicted octanol–water partition coefficient (Wildman–Crippen LogP) is 2.95. The molecule has 0 bridgehead atoms. The highest BCUT2D eigenvalue weighted by atomic mass is 32.1. The molecule has 3 aromatic rings. The molecule has 4 nitrogen and oxygen atoms in total. The first-order valence-electron chi connectivity index (χ1n) is 6.24. The molecule has 20 heavy (non-hydrogen) atoms. The van der Waals surface area contributed by atoms with Crippen LogP contribution >= 0.6 is 11.3 Å². The third-order valence-electron chi connectivity index (χ3n) is 2.81. The Morgan fingerprint density at radius 2 is 2.20 bits per heavy atom. The van der Waals surface area contributed by atoms with E-state index in [4.69, 9.17) is 0 Å². The van der Waals surface area contributed by atoms with Gasteiger partial charge in [-0.3, -0.25) is 4.79 Å². The summed E-state index contributed by atoms with van der Waals surface area (Å²) in [6.45, 7) is 0.391. The second-order valence-electron chi connectivity index (χ2n) is 4.27. The number of H-pyrrole nitrogens is 1. The van der Waals surface area contributed by atoms with Crippen molar-refractivity contribution in [3.63, 3.8) is 0 Å². The normalized spacial score (nSPS) is 11.2. The van der Waals surface area contributed by atoms with Crippen molar-refractivity contribution in [1.82, 2.24) is 15.3 Å². The SMILES string of the molecule is O=C(C=Cc1cccs1)NCc1nc2ccccc2[nH]1. The van der Waals surface area contributed by atoms with Gasteiger partial charge in [0.05, 0.1) is 17.6 Å². The maximum Gasteiger partial charge on any atom is 0.244 e.